The van der Waals surface area contributed by atoms with Crippen molar-refractivity contribution >= 4 is 63.9 Å². The molecule has 2 aliphatic heterocycles. The molecule has 2 saturated heterocycles. The van der Waals surface area contributed by atoms with E-state index < -0.39 is 17.5 Å². The number of halogens is 2. The molecule has 0 spiro atoms. The van der Waals surface area contributed by atoms with Crippen LogP contribution in [-0.2, 0) is 14.4 Å². The molecular weight excluding hydrogens is 387 g/mol. The number of benzene rings is 1. The van der Waals surface area contributed by atoms with Gasteiger partial charge in [-0.1, -0.05) is 23.2 Å². The maximum atomic E-state index is 12.7. The molecule has 0 saturated carbocycles. The molecule has 2 aliphatic rings. The van der Waals surface area contributed by atoms with Crippen molar-refractivity contribution in [3.8, 4) is 0 Å². The zero-order valence-corrected chi connectivity index (χ0v) is 15.6. The van der Waals surface area contributed by atoms with Crippen molar-refractivity contribution in [3.05, 3.63) is 28.2 Å². The molecule has 0 aromatic heterocycles. The van der Waals surface area contributed by atoms with Crippen LogP contribution in [-0.4, -0.2) is 44.4 Å². The van der Waals surface area contributed by atoms with Crippen LogP contribution >= 0.6 is 35.4 Å². The molecular formula is C15H14Cl2N4O3S. The second-order valence-electron chi connectivity index (χ2n) is 6.21. The Morgan fingerprint density at radius 3 is 2.64 bits per heavy atom. The van der Waals surface area contributed by atoms with Crippen molar-refractivity contribution in [2.75, 3.05) is 5.32 Å². The smallest absolute Gasteiger partial charge is 0.248 e. The molecule has 3 rings (SSSR count). The molecule has 2 fully saturated rings. The van der Waals surface area contributed by atoms with Crippen LogP contribution in [0.5, 0.6) is 0 Å². The minimum Gasteiger partial charge on any atom is -0.325 e. The second-order valence-corrected chi connectivity index (χ2v) is 7.41. The minimum atomic E-state index is -1.12. The fraction of sp³-hybridized carbons (Fsp3) is 0.333. The highest BCUT2D eigenvalue weighted by molar-refractivity contribution is 7.80. The Balaban J connectivity index is 1.89. The van der Waals surface area contributed by atoms with Gasteiger partial charge in [0, 0.05) is 5.69 Å². The first-order valence-corrected chi connectivity index (χ1v) is 8.53. The Kier molecular flexibility index (Phi) is 4.48. The number of hydrogen-bond donors (Lipinski definition) is 2. The summed E-state index contributed by atoms with van der Waals surface area (Å²) < 4.78 is 0. The van der Waals surface area contributed by atoms with E-state index in [0.29, 0.717) is 15.7 Å². The number of hydrazine groups is 1. The first kappa shape index (κ1) is 18.1. The normalized spacial score (nSPS) is 22.6. The number of hydrogen-bond acceptors (Lipinski definition) is 5. The molecule has 1 aromatic carbocycles. The monoisotopic (exact) mass is 400 g/mol. The number of nitrogens with one attached hydrogen (secondary N) is 2. The van der Waals surface area contributed by atoms with Gasteiger partial charge in [0.15, 0.2) is 5.11 Å². The van der Waals surface area contributed by atoms with Crippen molar-refractivity contribution in [1.82, 2.24) is 15.3 Å². The summed E-state index contributed by atoms with van der Waals surface area (Å²) >= 11 is 16.9. The van der Waals surface area contributed by atoms with Gasteiger partial charge < -0.3 is 5.32 Å². The zero-order chi connectivity index (χ0) is 18.5. The van der Waals surface area contributed by atoms with Crippen molar-refractivity contribution in [1.29, 1.82) is 0 Å². The quantitative estimate of drug-likeness (QED) is 0.741. The largest absolute Gasteiger partial charge is 0.325 e. The third-order valence-corrected chi connectivity index (χ3v) is 5.16. The van der Waals surface area contributed by atoms with E-state index in [4.69, 9.17) is 35.4 Å². The summed E-state index contributed by atoms with van der Waals surface area (Å²) in [6, 6.07) is 3.79. The zero-order valence-electron chi connectivity index (χ0n) is 13.3. The van der Waals surface area contributed by atoms with Crippen LogP contribution in [0.1, 0.15) is 20.3 Å². The predicted octanol–water partition coefficient (Wildman–Crippen LogP) is 1.94. The number of carbonyl (C=O) groups excluding carboxylic acids is 3. The van der Waals surface area contributed by atoms with E-state index in [1.165, 1.54) is 16.1 Å². The molecule has 1 atom stereocenters. The van der Waals surface area contributed by atoms with Gasteiger partial charge in [-0.3, -0.25) is 19.7 Å². The molecule has 10 heteroatoms. The van der Waals surface area contributed by atoms with Gasteiger partial charge in [-0.05, 0) is 44.3 Å². The van der Waals surface area contributed by atoms with Gasteiger partial charge in [-0.25, -0.2) is 5.01 Å². The summed E-state index contributed by atoms with van der Waals surface area (Å²) in [7, 11) is 0. The number of amides is 3. The van der Waals surface area contributed by atoms with Crippen molar-refractivity contribution in [3.63, 3.8) is 0 Å². The average Bonchev–Trinajstić information content (AvgIpc) is 2.88. The van der Waals surface area contributed by atoms with Gasteiger partial charge in [0.05, 0.1) is 16.5 Å². The molecule has 2 N–H and O–H groups in total. The summed E-state index contributed by atoms with van der Waals surface area (Å²) in [6.07, 6.45) is -0.0916. The second kappa shape index (κ2) is 6.21. The number of anilines is 1. The SMILES string of the molecule is CC1(C)C(=O)NC(=S)N2C(=O)C[C@@H](C(=O)Nc3ccc(Cl)c(Cl)c3)N21. The lowest BCUT2D eigenvalue weighted by molar-refractivity contribution is -0.154. The van der Waals surface area contributed by atoms with Crippen LogP contribution in [0, 0.1) is 0 Å². The third kappa shape index (κ3) is 2.99. The van der Waals surface area contributed by atoms with Gasteiger partial charge in [0.2, 0.25) is 17.7 Å². The Hall–Kier alpha value is -1.74. The molecule has 0 aliphatic carbocycles. The van der Waals surface area contributed by atoms with Crippen LogP contribution in [0.15, 0.2) is 18.2 Å². The number of nitrogens with zero attached hydrogens (tertiary/aromatic N) is 2. The molecule has 0 radical (unpaired) electrons. The lowest BCUT2D eigenvalue weighted by Crippen LogP contribution is -2.71. The van der Waals surface area contributed by atoms with Crippen molar-refractivity contribution in [2.45, 2.75) is 31.8 Å². The number of carbonyl (C=O) groups is 3. The summed E-state index contributed by atoms with van der Waals surface area (Å²) in [5.74, 6) is -1.18. The topological polar surface area (TPSA) is 81.8 Å². The predicted molar refractivity (Wildman–Crippen MR) is 97.0 cm³/mol. The lowest BCUT2D eigenvalue weighted by Gasteiger charge is -2.45. The van der Waals surface area contributed by atoms with Gasteiger partial charge >= 0.3 is 0 Å². The van der Waals surface area contributed by atoms with Gasteiger partial charge in [-0.15, -0.1) is 0 Å². The molecule has 3 amide bonds. The summed E-state index contributed by atoms with van der Waals surface area (Å²) in [5.41, 5.74) is -0.680. The molecule has 1 aromatic rings. The number of thiocarbonyl (C=S) groups is 1. The van der Waals surface area contributed by atoms with E-state index in [9.17, 15) is 14.4 Å². The molecule has 0 unspecified atom stereocenters. The van der Waals surface area contributed by atoms with Gasteiger partial charge in [0.1, 0.15) is 11.6 Å². The lowest BCUT2D eigenvalue weighted by atomic mass is 10.00. The first-order valence-electron chi connectivity index (χ1n) is 7.36. The highest BCUT2D eigenvalue weighted by atomic mass is 35.5. The van der Waals surface area contributed by atoms with E-state index >= 15 is 0 Å². The summed E-state index contributed by atoms with van der Waals surface area (Å²) in [4.78, 5) is 37.3. The fourth-order valence-electron chi connectivity index (χ4n) is 2.86. The maximum Gasteiger partial charge on any atom is 0.248 e. The van der Waals surface area contributed by atoms with Gasteiger partial charge in [-0.2, -0.15) is 5.01 Å². The molecule has 2 heterocycles. The first-order chi connectivity index (χ1) is 11.6. The van der Waals surface area contributed by atoms with E-state index in [-0.39, 0.29) is 23.3 Å². The Bertz CT molecular complexity index is 814. The van der Waals surface area contributed by atoms with E-state index in [1.807, 2.05) is 0 Å². The average molecular weight is 401 g/mol. The van der Waals surface area contributed by atoms with E-state index in [1.54, 1.807) is 26.0 Å². The van der Waals surface area contributed by atoms with Crippen LogP contribution in [0.4, 0.5) is 5.69 Å². The Morgan fingerprint density at radius 2 is 2.00 bits per heavy atom. The van der Waals surface area contributed by atoms with Crippen LogP contribution in [0.3, 0.4) is 0 Å². The van der Waals surface area contributed by atoms with Crippen molar-refractivity contribution in [2.24, 2.45) is 0 Å². The van der Waals surface area contributed by atoms with Gasteiger partial charge in [0.25, 0.3) is 0 Å². The molecule has 7 nitrogen and oxygen atoms in total. The summed E-state index contributed by atoms with van der Waals surface area (Å²) in [6.45, 7) is 3.24. The Labute approximate surface area is 159 Å². The standard InChI is InChI=1S/C15H14Cl2N4O3S/c1-15(2)13(24)19-14(25)20-11(22)6-10(21(15)20)12(23)18-7-3-4-8(16)9(17)5-7/h3-5,10H,6H2,1-2H3,(H,18,23)(H,19,24,25)/t10-/m0/s1. The fourth-order valence-corrected chi connectivity index (χ4v) is 3.44. The molecule has 132 valence electrons. The molecule has 25 heavy (non-hydrogen) atoms. The van der Waals surface area contributed by atoms with E-state index in [0.717, 1.165) is 0 Å². The maximum absolute atomic E-state index is 12.7. The highest BCUT2D eigenvalue weighted by Crippen LogP contribution is 2.33. The molecule has 0 bridgehead atoms. The number of rotatable bonds is 2. The third-order valence-electron chi connectivity index (χ3n) is 4.15. The highest BCUT2D eigenvalue weighted by Gasteiger charge is 2.56. The van der Waals surface area contributed by atoms with Crippen LogP contribution in [0.2, 0.25) is 10.0 Å². The Morgan fingerprint density at radius 1 is 1.32 bits per heavy atom. The van der Waals surface area contributed by atoms with E-state index in [2.05, 4.69) is 10.6 Å². The minimum absolute atomic E-state index is 0.0286. The van der Waals surface area contributed by atoms with Crippen molar-refractivity contribution < 1.29 is 14.4 Å². The number of fused-ring (bicyclic) bond motifs is 1. The summed E-state index contributed by atoms with van der Waals surface area (Å²) in [5, 5.41) is 8.41. The van der Waals surface area contributed by atoms with Crippen LogP contribution < -0.4 is 10.6 Å². The van der Waals surface area contributed by atoms with Crippen LogP contribution in [0.25, 0.3) is 0 Å².